The van der Waals surface area contributed by atoms with Crippen LogP contribution in [0.15, 0.2) is 0 Å². The van der Waals surface area contributed by atoms with Crippen molar-refractivity contribution in [1.29, 1.82) is 0 Å². The maximum atomic E-state index is 12.4. The van der Waals surface area contributed by atoms with Gasteiger partial charge in [-0.25, -0.2) is 0 Å². The third-order valence-corrected chi connectivity index (χ3v) is 8.43. The summed E-state index contributed by atoms with van der Waals surface area (Å²) in [4.78, 5) is 12.4. The van der Waals surface area contributed by atoms with Crippen molar-refractivity contribution in [3.63, 3.8) is 0 Å². The summed E-state index contributed by atoms with van der Waals surface area (Å²) in [5.41, 5.74) is -0.311. The lowest BCUT2D eigenvalue weighted by atomic mass is 9.44. The lowest BCUT2D eigenvalue weighted by Crippen LogP contribution is -2.64. The Labute approximate surface area is 138 Å². The zero-order valence-electron chi connectivity index (χ0n) is 14.2. The van der Waals surface area contributed by atoms with Gasteiger partial charge in [-0.15, -0.1) is 0 Å². The van der Waals surface area contributed by atoms with Crippen LogP contribution in [0.2, 0.25) is 0 Å². The third-order valence-electron chi connectivity index (χ3n) is 8.43. The number of Topliss-reactive ketones (excluding diaryl/α,β-unsaturated/α-hetero) is 1. The molecule has 0 amide bonds. The van der Waals surface area contributed by atoms with Gasteiger partial charge in [-0.2, -0.15) is 0 Å². The summed E-state index contributed by atoms with van der Waals surface area (Å²) in [5.74, 6) is 0.940. The third kappa shape index (κ3) is 1.98. The van der Waals surface area contributed by atoms with Gasteiger partial charge >= 0.3 is 0 Å². The van der Waals surface area contributed by atoms with Crippen LogP contribution in [0.1, 0.15) is 58.8 Å². The number of aliphatic hydroxyl groups is 3. The molecule has 4 saturated carbocycles. The van der Waals surface area contributed by atoms with E-state index in [4.69, 9.17) is 0 Å². The quantitative estimate of drug-likeness (QED) is 0.636. The number of carbonyl (C=O) groups excluding carboxylic acids is 1. The van der Waals surface area contributed by atoms with Crippen molar-refractivity contribution in [2.24, 2.45) is 34.5 Å². The molecule has 4 aliphatic rings. The molecule has 0 heterocycles. The molecule has 0 saturated heterocycles. The molecule has 7 unspecified atom stereocenters. The lowest BCUT2D eigenvalue weighted by Gasteiger charge is -2.62. The average Bonchev–Trinajstić information content (AvgIpc) is 2.82. The van der Waals surface area contributed by atoms with Gasteiger partial charge in [0.15, 0.2) is 0 Å². The summed E-state index contributed by atoms with van der Waals surface area (Å²) in [6.45, 7) is 4.34. The van der Waals surface area contributed by atoms with E-state index in [1.165, 1.54) is 0 Å². The first-order valence-electron chi connectivity index (χ1n) is 9.36. The van der Waals surface area contributed by atoms with Gasteiger partial charge in [0, 0.05) is 11.8 Å². The summed E-state index contributed by atoms with van der Waals surface area (Å²) < 4.78 is 0. The van der Waals surface area contributed by atoms with Crippen LogP contribution in [0.4, 0.5) is 0 Å². The van der Waals surface area contributed by atoms with Crippen LogP contribution in [0, 0.1) is 34.5 Å². The van der Waals surface area contributed by atoms with E-state index in [0.717, 1.165) is 32.1 Å². The van der Waals surface area contributed by atoms with Crippen molar-refractivity contribution in [3.05, 3.63) is 0 Å². The molecule has 9 atom stereocenters. The predicted octanol–water partition coefficient (Wildman–Crippen LogP) is 1.90. The van der Waals surface area contributed by atoms with Gasteiger partial charge in [-0.1, -0.05) is 13.8 Å². The van der Waals surface area contributed by atoms with Crippen molar-refractivity contribution in [3.8, 4) is 0 Å². The van der Waals surface area contributed by atoms with Crippen molar-refractivity contribution < 1.29 is 20.1 Å². The Morgan fingerprint density at radius 3 is 2.39 bits per heavy atom. The maximum Gasteiger partial charge on any atom is 0.139 e. The normalized spacial score (nSPS) is 59.2. The molecule has 0 radical (unpaired) electrons. The van der Waals surface area contributed by atoms with E-state index in [-0.39, 0.29) is 34.7 Å². The highest BCUT2D eigenvalue weighted by Gasteiger charge is 2.64. The van der Waals surface area contributed by atoms with E-state index in [1.807, 2.05) is 0 Å². The fourth-order valence-corrected chi connectivity index (χ4v) is 7.01. The van der Waals surface area contributed by atoms with Crippen LogP contribution in [0.25, 0.3) is 0 Å². The Morgan fingerprint density at radius 1 is 0.913 bits per heavy atom. The molecule has 0 aromatic heterocycles. The van der Waals surface area contributed by atoms with E-state index >= 15 is 0 Å². The van der Waals surface area contributed by atoms with Crippen LogP contribution in [-0.4, -0.2) is 39.4 Å². The summed E-state index contributed by atoms with van der Waals surface area (Å²) in [6.07, 6.45) is 3.82. The first kappa shape index (κ1) is 16.0. The number of aliphatic hydroxyl groups excluding tert-OH is 3. The van der Waals surface area contributed by atoms with Crippen molar-refractivity contribution in [2.45, 2.75) is 77.1 Å². The molecule has 4 nitrogen and oxygen atoms in total. The predicted molar refractivity (Wildman–Crippen MR) is 85.5 cm³/mol. The molecule has 0 aromatic carbocycles. The minimum atomic E-state index is -0.769. The Balaban J connectivity index is 1.73. The molecular formula is C19H30O4. The molecule has 0 aliphatic heterocycles. The smallest absolute Gasteiger partial charge is 0.139 e. The molecule has 4 rings (SSSR count). The molecule has 3 N–H and O–H groups in total. The van der Waals surface area contributed by atoms with Gasteiger partial charge in [-0.3, -0.25) is 4.79 Å². The largest absolute Gasteiger partial charge is 0.393 e. The molecule has 0 spiro atoms. The minimum absolute atomic E-state index is 0.0183. The van der Waals surface area contributed by atoms with Crippen molar-refractivity contribution in [2.75, 3.05) is 0 Å². The second kappa shape index (κ2) is 5.03. The number of rotatable bonds is 0. The maximum absolute atomic E-state index is 12.4. The van der Waals surface area contributed by atoms with Gasteiger partial charge in [0.2, 0.25) is 0 Å². The minimum Gasteiger partial charge on any atom is -0.393 e. The number of hydrogen-bond donors (Lipinski definition) is 3. The molecule has 0 bridgehead atoms. The van der Waals surface area contributed by atoms with Crippen LogP contribution in [-0.2, 0) is 4.79 Å². The fourth-order valence-electron chi connectivity index (χ4n) is 7.01. The zero-order chi connectivity index (χ0) is 16.6. The monoisotopic (exact) mass is 322 g/mol. The van der Waals surface area contributed by atoms with Crippen molar-refractivity contribution in [1.82, 2.24) is 0 Å². The number of carbonyl (C=O) groups is 1. The van der Waals surface area contributed by atoms with Crippen LogP contribution in [0.3, 0.4) is 0 Å². The van der Waals surface area contributed by atoms with E-state index < -0.39 is 12.2 Å². The molecular weight excluding hydrogens is 292 g/mol. The van der Waals surface area contributed by atoms with E-state index in [0.29, 0.717) is 24.5 Å². The molecule has 4 aliphatic carbocycles. The van der Waals surface area contributed by atoms with Crippen molar-refractivity contribution >= 4 is 5.78 Å². The highest BCUT2D eigenvalue weighted by atomic mass is 16.3. The Kier molecular flexibility index (Phi) is 3.51. The van der Waals surface area contributed by atoms with Crippen LogP contribution < -0.4 is 0 Å². The Morgan fingerprint density at radius 2 is 1.65 bits per heavy atom. The van der Waals surface area contributed by atoms with Gasteiger partial charge in [0.1, 0.15) is 5.78 Å². The zero-order valence-corrected chi connectivity index (χ0v) is 14.2. The van der Waals surface area contributed by atoms with E-state index in [9.17, 15) is 20.1 Å². The number of ketones is 1. The van der Waals surface area contributed by atoms with Gasteiger partial charge in [0.25, 0.3) is 0 Å². The lowest BCUT2D eigenvalue weighted by molar-refractivity contribution is -0.219. The number of hydrogen-bond acceptors (Lipinski definition) is 4. The first-order chi connectivity index (χ1) is 10.8. The summed E-state index contributed by atoms with van der Waals surface area (Å²) in [5, 5.41) is 31.8. The number of fused-ring (bicyclic) bond motifs is 5. The first-order valence-corrected chi connectivity index (χ1v) is 9.36. The average molecular weight is 322 g/mol. The summed E-state index contributed by atoms with van der Waals surface area (Å²) in [6, 6.07) is 0. The SMILES string of the molecule is CC12CCC3C(C(O)[C@H](O)C4CC(O)CC[C@]34C)C1CCC2=O. The van der Waals surface area contributed by atoms with E-state index in [1.54, 1.807) is 0 Å². The Hall–Kier alpha value is -0.450. The topological polar surface area (TPSA) is 77.8 Å². The van der Waals surface area contributed by atoms with Gasteiger partial charge < -0.3 is 15.3 Å². The highest BCUT2D eigenvalue weighted by molar-refractivity contribution is 5.87. The van der Waals surface area contributed by atoms with Crippen LogP contribution >= 0.6 is 0 Å². The molecule has 130 valence electrons. The fraction of sp³-hybridized carbons (Fsp3) is 0.947. The van der Waals surface area contributed by atoms with Crippen LogP contribution in [0.5, 0.6) is 0 Å². The van der Waals surface area contributed by atoms with E-state index in [2.05, 4.69) is 13.8 Å². The molecule has 4 heteroatoms. The summed E-state index contributed by atoms with van der Waals surface area (Å²) in [7, 11) is 0. The second-order valence-electron chi connectivity index (χ2n) is 9.23. The Bertz CT molecular complexity index is 519. The summed E-state index contributed by atoms with van der Waals surface area (Å²) >= 11 is 0. The molecule has 4 fully saturated rings. The second-order valence-corrected chi connectivity index (χ2v) is 9.23. The highest BCUT2D eigenvalue weighted by Crippen LogP contribution is 2.65. The van der Waals surface area contributed by atoms with Gasteiger partial charge in [0.05, 0.1) is 18.3 Å². The molecule has 0 aromatic rings. The van der Waals surface area contributed by atoms with Gasteiger partial charge in [-0.05, 0) is 67.6 Å². The molecule has 23 heavy (non-hydrogen) atoms. The standard InChI is InChI=1S/C19H30O4/c1-18-7-5-10(20)9-13(18)16(22)17(23)15-11-3-4-14(21)19(11,2)8-6-12(15)18/h10-13,15-17,20,22-23H,3-9H2,1-2H3/t10?,11?,12?,13?,15?,16-,17?,18-,19?/m1/s1.